The van der Waals surface area contributed by atoms with E-state index in [9.17, 15) is 27.6 Å². The number of benzene rings is 2. The normalized spacial score (nSPS) is 24.2. The first-order valence-corrected chi connectivity index (χ1v) is 12.5. The van der Waals surface area contributed by atoms with E-state index < -0.39 is 23.5 Å². The monoisotopic (exact) mass is 514 g/mol. The number of likely N-dealkylation sites (N-methyl/N-ethyl adjacent to an activating group) is 1. The molecule has 7 nitrogen and oxygen atoms in total. The Hall–Kier alpha value is -3.40. The van der Waals surface area contributed by atoms with Crippen LogP contribution in [0.2, 0.25) is 0 Å². The summed E-state index contributed by atoms with van der Waals surface area (Å²) >= 11 is 0. The van der Waals surface area contributed by atoms with Crippen LogP contribution in [0.3, 0.4) is 0 Å². The smallest absolute Gasteiger partial charge is 0.327 e. The number of hydrogen-bond donors (Lipinski definition) is 1. The Balaban J connectivity index is 1.26. The number of imide groups is 1. The molecule has 0 aliphatic carbocycles. The molecule has 196 valence electrons. The van der Waals surface area contributed by atoms with Crippen molar-refractivity contribution in [1.82, 2.24) is 14.7 Å². The highest BCUT2D eigenvalue weighted by molar-refractivity contribution is 6.01. The molecule has 3 aliphatic rings. The Bertz CT molecular complexity index is 1240. The lowest BCUT2D eigenvalue weighted by atomic mass is 9.82. The number of nitrogens with zero attached hydrogens (tertiary/aromatic N) is 3. The first kappa shape index (κ1) is 25.3. The van der Waals surface area contributed by atoms with Crippen molar-refractivity contribution in [2.75, 3.05) is 13.6 Å². The van der Waals surface area contributed by atoms with Crippen molar-refractivity contribution in [2.24, 2.45) is 11.7 Å². The van der Waals surface area contributed by atoms with E-state index in [0.717, 1.165) is 18.9 Å². The quantitative estimate of drug-likeness (QED) is 0.473. The van der Waals surface area contributed by atoms with Crippen LogP contribution in [0.4, 0.5) is 18.0 Å². The van der Waals surface area contributed by atoms with Crippen LogP contribution in [0, 0.1) is 23.4 Å². The Morgan fingerprint density at radius 3 is 2.35 bits per heavy atom. The van der Waals surface area contributed by atoms with Gasteiger partial charge in [-0.1, -0.05) is 12.1 Å². The molecule has 0 aromatic heterocycles. The Labute approximate surface area is 213 Å². The van der Waals surface area contributed by atoms with Gasteiger partial charge < -0.3 is 15.5 Å². The maximum atomic E-state index is 14.1. The fourth-order valence-corrected chi connectivity index (χ4v) is 6.00. The summed E-state index contributed by atoms with van der Waals surface area (Å²) in [6.45, 7) is 0.147. The number of halogens is 3. The Morgan fingerprint density at radius 2 is 1.70 bits per heavy atom. The minimum absolute atomic E-state index is 0.0175. The van der Waals surface area contributed by atoms with Crippen LogP contribution in [0.5, 0.6) is 0 Å². The van der Waals surface area contributed by atoms with Gasteiger partial charge in [-0.3, -0.25) is 14.5 Å². The third kappa shape index (κ3) is 4.82. The second kappa shape index (κ2) is 9.81. The molecule has 2 N–H and O–H groups in total. The molecule has 3 fully saturated rings. The van der Waals surface area contributed by atoms with Crippen LogP contribution in [-0.2, 0) is 17.8 Å². The van der Waals surface area contributed by atoms with Crippen LogP contribution < -0.4 is 5.73 Å². The standard InChI is InChI=1S/C27H29F3N4O3/c1-32-14-25(35)33(27(32)37)13-15-3-2-4-16(7-15)26(36)34-19-5-6-20(34)9-18(8-19)24(31)11-17-10-22(29)23(30)12-21(17)28/h2-4,7,10,12,18-20,24H,5-6,8-9,11,13-14,31H2,1H3. The van der Waals surface area contributed by atoms with Crippen molar-refractivity contribution in [3.05, 3.63) is 70.5 Å². The minimum atomic E-state index is -1.23. The molecule has 3 atom stereocenters. The zero-order valence-corrected chi connectivity index (χ0v) is 20.5. The van der Waals surface area contributed by atoms with Gasteiger partial charge in [0.05, 0.1) is 6.54 Å². The van der Waals surface area contributed by atoms with Crippen molar-refractivity contribution in [3.8, 4) is 0 Å². The van der Waals surface area contributed by atoms with E-state index in [0.29, 0.717) is 30.0 Å². The lowest BCUT2D eigenvalue weighted by molar-refractivity contribution is -0.125. The van der Waals surface area contributed by atoms with Gasteiger partial charge in [-0.15, -0.1) is 0 Å². The number of urea groups is 1. The first-order valence-electron chi connectivity index (χ1n) is 12.5. The SMILES string of the molecule is CN1CC(=O)N(Cc2cccc(C(=O)N3C4CCC3CC(C(N)Cc3cc(F)c(F)cc3F)C4)c2)C1=O. The summed E-state index contributed by atoms with van der Waals surface area (Å²) in [6, 6.07) is 7.56. The predicted octanol–water partition coefficient (Wildman–Crippen LogP) is 3.45. The third-order valence-corrected chi connectivity index (χ3v) is 7.90. The van der Waals surface area contributed by atoms with E-state index in [-0.39, 0.29) is 60.9 Å². The maximum absolute atomic E-state index is 14.1. The molecule has 3 saturated heterocycles. The average molecular weight is 515 g/mol. The summed E-state index contributed by atoms with van der Waals surface area (Å²) in [7, 11) is 1.57. The van der Waals surface area contributed by atoms with Crippen LogP contribution in [0.15, 0.2) is 36.4 Å². The van der Waals surface area contributed by atoms with Crippen LogP contribution in [0.25, 0.3) is 0 Å². The molecule has 5 rings (SSSR count). The molecule has 0 saturated carbocycles. The molecule has 4 amide bonds. The minimum Gasteiger partial charge on any atom is -0.333 e. The van der Waals surface area contributed by atoms with Crippen molar-refractivity contribution in [2.45, 2.75) is 56.8 Å². The van der Waals surface area contributed by atoms with Gasteiger partial charge in [-0.05, 0) is 67.3 Å². The van der Waals surface area contributed by atoms with E-state index in [1.807, 2.05) is 4.90 Å². The summed E-state index contributed by atoms with van der Waals surface area (Å²) in [6.07, 6.45) is 3.06. The van der Waals surface area contributed by atoms with Gasteiger partial charge in [-0.2, -0.15) is 0 Å². The number of amides is 4. The second-order valence-corrected chi connectivity index (χ2v) is 10.4. The van der Waals surface area contributed by atoms with Crippen molar-refractivity contribution in [3.63, 3.8) is 0 Å². The van der Waals surface area contributed by atoms with E-state index in [2.05, 4.69) is 0 Å². The van der Waals surface area contributed by atoms with E-state index >= 15 is 0 Å². The molecule has 10 heteroatoms. The van der Waals surface area contributed by atoms with Gasteiger partial charge in [0.2, 0.25) is 0 Å². The average Bonchev–Trinajstić information content (AvgIpc) is 3.26. The van der Waals surface area contributed by atoms with Gasteiger partial charge >= 0.3 is 6.03 Å². The number of carbonyl (C=O) groups is 3. The number of fused-ring (bicyclic) bond motifs is 2. The summed E-state index contributed by atoms with van der Waals surface area (Å²) in [4.78, 5) is 42.3. The highest BCUT2D eigenvalue weighted by atomic mass is 19.2. The summed E-state index contributed by atoms with van der Waals surface area (Å²) in [5.41, 5.74) is 7.64. The molecule has 2 bridgehead atoms. The fourth-order valence-electron chi connectivity index (χ4n) is 6.00. The van der Waals surface area contributed by atoms with Crippen LogP contribution >= 0.6 is 0 Å². The Morgan fingerprint density at radius 1 is 1.03 bits per heavy atom. The van der Waals surface area contributed by atoms with E-state index in [1.165, 1.54) is 9.80 Å². The first-order chi connectivity index (χ1) is 17.6. The number of rotatable bonds is 6. The summed E-state index contributed by atoms with van der Waals surface area (Å²) < 4.78 is 41.0. The highest BCUT2D eigenvalue weighted by Crippen LogP contribution is 2.41. The topological polar surface area (TPSA) is 87.0 Å². The van der Waals surface area contributed by atoms with Crippen molar-refractivity contribution < 1.29 is 27.6 Å². The molecule has 3 unspecified atom stereocenters. The van der Waals surface area contributed by atoms with E-state index in [4.69, 9.17) is 5.73 Å². The number of nitrogens with two attached hydrogens (primary N) is 1. The third-order valence-electron chi connectivity index (χ3n) is 7.90. The number of carbonyl (C=O) groups excluding carboxylic acids is 3. The molecular weight excluding hydrogens is 485 g/mol. The van der Waals surface area contributed by atoms with Gasteiger partial charge in [0.1, 0.15) is 12.4 Å². The van der Waals surface area contributed by atoms with Crippen LogP contribution in [-0.4, -0.2) is 64.3 Å². The fraction of sp³-hybridized carbons (Fsp3) is 0.444. The van der Waals surface area contributed by atoms with Gasteiger partial charge in [0, 0.05) is 36.8 Å². The molecule has 37 heavy (non-hydrogen) atoms. The summed E-state index contributed by atoms with van der Waals surface area (Å²) in [5, 5.41) is 0. The maximum Gasteiger partial charge on any atom is 0.327 e. The molecule has 2 aromatic rings. The lowest BCUT2D eigenvalue weighted by Crippen LogP contribution is -2.50. The largest absolute Gasteiger partial charge is 0.333 e. The predicted molar refractivity (Wildman–Crippen MR) is 129 cm³/mol. The Kier molecular flexibility index (Phi) is 6.70. The molecule has 3 heterocycles. The van der Waals surface area contributed by atoms with Crippen molar-refractivity contribution >= 4 is 17.8 Å². The van der Waals surface area contributed by atoms with E-state index in [1.54, 1.807) is 31.3 Å². The molecule has 3 aliphatic heterocycles. The molecule has 0 spiro atoms. The molecule has 2 aromatic carbocycles. The molecular formula is C27H29F3N4O3. The number of hydrogen-bond acceptors (Lipinski definition) is 4. The number of piperidine rings is 1. The van der Waals surface area contributed by atoms with Gasteiger partial charge in [-0.25, -0.2) is 18.0 Å². The second-order valence-electron chi connectivity index (χ2n) is 10.4. The lowest BCUT2D eigenvalue weighted by Gasteiger charge is -2.41. The summed E-state index contributed by atoms with van der Waals surface area (Å²) in [5.74, 6) is -3.50. The van der Waals surface area contributed by atoms with Gasteiger partial charge in [0.25, 0.3) is 11.8 Å². The zero-order chi connectivity index (χ0) is 26.4. The van der Waals surface area contributed by atoms with Crippen molar-refractivity contribution in [1.29, 1.82) is 0 Å². The van der Waals surface area contributed by atoms with Crippen LogP contribution in [0.1, 0.15) is 47.2 Å². The highest BCUT2D eigenvalue weighted by Gasteiger charge is 2.45. The zero-order valence-electron chi connectivity index (χ0n) is 20.5. The van der Waals surface area contributed by atoms with Gasteiger partial charge in [0.15, 0.2) is 11.6 Å². The molecule has 0 radical (unpaired) electrons.